The molecule has 44 valence electrons. The number of hydrogen-bond donors (Lipinski definition) is 0. The Morgan fingerprint density at radius 3 is 2.14 bits per heavy atom. The van der Waals surface area contributed by atoms with Gasteiger partial charge in [-0.1, -0.05) is 22.6 Å². The van der Waals surface area contributed by atoms with Gasteiger partial charge in [0.05, 0.1) is 12.5 Å². The Balaban J connectivity index is 2.68. The summed E-state index contributed by atoms with van der Waals surface area (Å²) in [6.45, 7) is 0. The number of hydrogen-bond acceptors (Lipinski definition) is 0. The first-order chi connectivity index (χ1) is 3.27. The minimum absolute atomic E-state index is 0.680. The Labute approximate surface area is 62.6 Å². The van der Waals surface area contributed by atoms with Crippen molar-refractivity contribution in [2.45, 2.75) is 6.42 Å². The summed E-state index contributed by atoms with van der Waals surface area (Å²) in [4.78, 5) is 0. The Hall–Kier alpha value is 1.08. The van der Waals surface area contributed by atoms with Gasteiger partial charge in [0.1, 0.15) is 5.75 Å². The lowest BCUT2D eigenvalue weighted by atomic mass is 10.6. The standard InChI is InChI=1S/C5H12IS/c1-7(2)5-3-4-6/h3-5H2,1-2H3/q+1. The van der Waals surface area contributed by atoms with Crippen molar-refractivity contribution in [1.82, 2.24) is 0 Å². The van der Waals surface area contributed by atoms with Crippen LogP contribution in [0.3, 0.4) is 0 Å². The van der Waals surface area contributed by atoms with Crippen LogP contribution in [0.5, 0.6) is 0 Å². The van der Waals surface area contributed by atoms with Crippen LogP contribution in [0, 0.1) is 0 Å². The molecular formula is C5H12IS+. The van der Waals surface area contributed by atoms with Crippen molar-refractivity contribution in [2.24, 2.45) is 0 Å². The van der Waals surface area contributed by atoms with E-state index in [1.807, 2.05) is 0 Å². The van der Waals surface area contributed by atoms with Gasteiger partial charge in [0.25, 0.3) is 0 Å². The molecule has 0 saturated carbocycles. The molecule has 0 unspecified atom stereocenters. The van der Waals surface area contributed by atoms with Crippen molar-refractivity contribution in [3.05, 3.63) is 0 Å². The highest BCUT2D eigenvalue weighted by atomic mass is 127. The van der Waals surface area contributed by atoms with Gasteiger partial charge >= 0.3 is 0 Å². The van der Waals surface area contributed by atoms with Crippen LogP contribution < -0.4 is 0 Å². The molecule has 0 atom stereocenters. The molecule has 0 nitrogen and oxygen atoms in total. The zero-order chi connectivity index (χ0) is 5.70. The van der Waals surface area contributed by atoms with Crippen LogP contribution in [0.15, 0.2) is 0 Å². The molecule has 0 saturated heterocycles. The van der Waals surface area contributed by atoms with Crippen LogP contribution in [0.2, 0.25) is 0 Å². The van der Waals surface area contributed by atoms with E-state index < -0.39 is 0 Å². The van der Waals surface area contributed by atoms with Crippen molar-refractivity contribution in [1.29, 1.82) is 0 Å². The topological polar surface area (TPSA) is 0 Å². The molecular weight excluding hydrogens is 219 g/mol. The predicted octanol–water partition coefficient (Wildman–Crippen LogP) is 1.69. The van der Waals surface area contributed by atoms with Crippen molar-refractivity contribution in [3.8, 4) is 0 Å². The molecule has 0 aliphatic heterocycles. The van der Waals surface area contributed by atoms with Gasteiger partial charge in [-0.15, -0.1) is 0 Å². The molecule has 0 aliphatic rings. The van der Waals surface area contributed by atoms with Gasteiger partial charge in [-0.25, -0.2) is 0 Å². The Morgan fingerprint density at radius 1 is 1.43 bits per heavy atom. The summed E-state index contributed by atoms with van der Waals surface area (Å²) in [7, 11) is 0.680. The quantitative estimate of drug-likeness (QED) is 0.394. The van der Waals surface area contributed by atoms with E-state index in [0.29, 0.717) is 10.9 Å². The van der Waals surface area contributed by atoms with E-state index in [-0.39, 0.29) is 0 Å². The average molecular weight is 231 g/mol. The van der Waals surface area contributed by atoms with E-state index in [4.69, 9.17) is 0 Å². The molecule has 0 aromatic carbocycles. The van der Waals surface area contributed by atoms with E-state index in [1.165, 1.54) is 16.6 Å². The molecule has 0 rings (SSSR count). The molecule has 0 spiro atoms. The van der Waals surface area contributed by atoms with E-state index >= 15 is 0 Å². The lowest BCUT2D eigenvalue weighted by Crippen LogP contribution is -2.00. The number of alkyl halides is 1. The SMILES string of the molecule is C[S+](C)CCCI. The third-order valence-corrected chi connectivity index (χ3v) is 2.55. The van der Waals surface area contributed by atoms with E-state index in [2.05, 4.69) is 35.1 Å². The molecule has 0 amide bonds. The van der Waals surface area contributed by atoms with Gasteiger partial charge < -0.3 is 0 Å². The molecule has 0 radical (unpaired) electrons. The lowest BCUT2D eigenvalue weighted by molar-refractivity contribution is 1.14. The van der Waals surface area contributed by atoms with Gasteiger partial charge in [0, 0.05) is 10.8 Å². The summed E-state index contributed by atoms with van der Waals surface area (Å²) in [5.41, 5.74) is 0. The van der Waals surface area contributed by atoms with Crippen LogP contribution in [-0.4, -0.2) is 22.7 Å². The highest BCUT2D eigenvalue weighted by molar-refractivity contribution is 14.1. The summed E-state index contributed by atoms with van der Waals surface area (Å²) < 4.78 is 1.32. The summed E-state index contributed by atoms with van der Waals surface area (Å²) in [5.74, 6) is 1.42. The van der Waals surface area contributed by atoms with Crippen LogP contribution in [0.4, 0.5) is 0 Å². The van der Waals surface area contributed by atoms with Gasteiger partial charge in [-0.2, -0.15) is 0 Å². The second-order valence-electron chi connectivity index (χ2n) is 1.73. The van der Waals surface area contributed by atoms with Crippen LogP contribution in [0.1, 0.15) is 6.42 Å². The lowest BCUT2D eigenvalue weighted by Gasteiger charge is -1.90. The average Bonchev–Trinajstić information content (AvgIpc) is 1.61. The summed E-state index contributed by atoms with van der Waals surface area (Å²) in [6, 6.07) is 0. The fraction of sp³-hybridized carbons (Fsp3) is 1.00. The second-order valence-corrected chi connectivity index (χ2v) is 5.19. The summed E-state index contributed by atoms with van der Waals surface area (Å²) in [6.07, 6.45) is 6.00. The van der Waals surface area contributed by atoms with Gasteiger partial charge in [-0.05, 0) is 10.9 Å². The minimum Gasteiger partial charge on any atom is -0.0862 e. The third kappa shape index (κ3) is 7.08. The van der Waals surface area contributed by atoms with Crippen molar-refractivity contribution < 1.29 is 0 Å². The third-order valence-electron chi connectivity index (χ3n) is 0.686. The Kier molecular flexibility index (Phi) is 6.03. The smallest absolute Gasteiger partial charge is 0.0862 e. The van der Waals surface area contributed by atoms with Crippen molar-refractivity contribution in [2.75, 3.05) is 22.7 Å². The summed E-state index contributed by atoms with van der Waals surface area (Å²) >= 11 is 2.43. The van der Waals surface area contributed by atoms with E-state index in [9.17, 15) is 0 Å². The first-order valence-electron chi connectivity index (χ1n) is 2.37. The van der Waals surface area contributed by atoms with Crippen LogP contribution in [0.25, 0.3) is 0 Å². The molecule has 7 heavy (non-hydrogen) atoms. The maximum atomic E-state index is 2.43. The zero-order valence-electron chi connectivity index (χ0n) is 4.91. The molecule has 0 fully saturated rings. The molecule has 2 heteroatoms. The molecule has 0 heterocycles. The highest BCUT2D eigenvalue weighted by Crippen LogP contribution is 1.92. The van der Waals surface area contributed by atoms with Gasteiger partial charge in [0.15, 0.2) is 0 Å². The minimum atomic E-state index is 0.680. The molecule has 0 aromatic heterocycles. The maximum absolute atomic E-state index is 2.43. The predicted molar refractivity (Wildman–Crippen MR) is 47.6 cm³/mol. The number of rotatable bonds is 3. The zero-order valence-corrected chi connectivity index (χ0v) is 7.88. The summed E-state index contributed by atoms with van der Waals surface area (Å²) in [5, 5.41) is 0. The molecule has 0 bridgehead atoms. The first-order valence-corrected chi connectivity index (χ1v) is 6.11. The van der Waals surface area contributed by atoms with Gasteiger partial charge in [-0.3, -0.25) is 0 Å². The molecule has 0 aromatic rings. The number of halogens is 1. The fourth-order valence-corrected chi connectivity index (χ4v) is 1.96. The van der Waals surface area contributed by atoms with Crippen molar-refractivity contribution in [3.63, 3.8) is 0 Å². The van der Waals surface area contributed by atoms with Crippen molar-refractivity contribution >= 4 is 33.5 Å². The molecule has 0 aliphatic carbocycles. The largest absolute Gasteiger partial charge is 0.108 e. The van der Waals surface area contributed by atoms with E-state index in [1.54, 1.807) is 0 Å². The van der Waals surface area contributed by atoms with Gasteiger partial charge in [0.2, 0.25) is 0 Å². The molecule has 0 N–H and O–H groups in total. The Morgan fingerprint density at radius 2 is 2.00 bits per heavy atom. The Bertz CT molecular complexity index is 37.1. The van der Waals surface area contributed by atoms with E-state index in [0.717, 1.165) is 0 Å². The highest BCUT2D eigenvalue weighted by Gasteiger charge is 1.97. The monoisotopic (exact) mass is 231 g/mol. The van der Waals surface area contributed by atoms with Crippen LogP contribution in [-0.2, 0) is 10.9 Å². The van der Waals surface area contributed by atoms with Crippen LogP contribution >= 0.6 is 22.6 Å². The first kappa shape index (κ1) is 8.08. The maximum Gasteiger partial charge on any atom is 0.108 e. The second kappa shape index (κ2) is 5.22. The fourth-order valence-electron chi connectivity index (χ4n) is 0.343. The normalized spacial score (nSPS) is 10.3.